The summed E-state index contributed by atoms with van der Waals surface area (Å²) in [5, 5.41) is 0. The Kier molecular flexibility index (Phi) is 9.50. The van der Waals surface area contributed by atoms with Crippen molar-refractivity contribution < 1.29 is 0 Å². The van der Waals surface area contributed by atoms with Crippen molar-refractivity contribution in [3.8, 4) is 0 Å². The van der Waals surface area contributed by atoms with Gasteiger partial charge in [0.05, 0.1) is 0 Å². The molecule has 2 heteroatoms. The topological polar surface area (TPSA) is 52.0 Å². The summed E-state index contributed by atoms with van der Waals surface area (Å²) in [6, 6.07) is 4.92. The van der Waals surface area contributed by atoms with Crippen LogP contribution < -0.4 is 11.5 Å². The Morgan fingerprint density at radius 3 is 1.83 bits per heavy atom. The van der Waals surface area contributed by atoms with Crippen LogP contribution in [0.2, 0.25) is 0 Å². The van der Waals surface area contributed by atoms with E-state index in [0.717, 1.165) is 19.3 Å². The molecule has 0 heterocycles. The monoisotopic (exact) mass is 318 g/mol. The highest BCUT2D eigenvalue weighted by atomic mass is 14.8. The van der Waals surface area contributed by atoms with E-state index in [4.69, 9.17) is 11.5 Å². The lowest BCUT2D eigenvalue weighted by molar-refractivity contribution is 0.436. The summed E-state index contributed by atoms with van der Waals surface area (Å²) in [6.07, 6.45) is 10.8. The summed E-state index contributed by atoms with van der Waals surface area (Å²) in [5.74, 6) is 0. The molecule has 0 aliphatic rings. The summed E-state index contributed by atoms with van der Waals surface area (Å²) < 4.78 is 0. The number of nitrogens with two attached hydrogens (primary N) is 2. The van der Waals surface area contributed by atoms with E-state index >= 15 is 0 Å². The Morgan fingerprint density at radius 2 is 1.30 bits per heavy atom. The fourth-order valence-corrected chi connectivity index (χ4v) is 3.52. The van der Waals surface area contributed by atoms with Gasteiger partial charge in [0.2, 0.25) is 0 Å². The first-order valence-electron chi connectivity index (χ1n) is 9.53. The third-order valence-electron chi connectivity index (χ3n) is 5.00. The molecule has 4 N–H and O–H groups in total. The van der Waals surface area contributed by atoms with Crippen LogP contribution in [0.1, 0.15) is 80.5 Å². The van der Waals surface area contributed by atoms with Crippen molar-refractivity contribution in [3.63, 3.8) is 0 Å². The van der Waals surface area contributed by atoms with Crippen molar-refractivity contribution >= 4 is 0 Å². The average molecular weight is 319 g/mol. The summed E-state index contributed by atoms with van der Waals surface area (Å²) in [7, 11) is 0. The molecule has 2 atom stereocenters. The number of hydrogen-bond donors (Lipinski definition) is 2. The maximum absolute atomic E-state index is 6.27. The highest BCUT2D eigenvalue weighted by Gasteiger charge is 2.12. The summed E-state index contributed by atoms with van der Waals surface area (Å²) in [6.45, 7) is 8.87. The number of hydrogen-bond acceptors (Lipinski definition) is 2. The molecule has 0 aliphatic carbocycles. The van der Waals surface area contributed by atoms with Gasteiger partial charge in [-0.15, -0.1) is 0 Å². The molecular formula is C21H38N2. The minimum atomic E-state index is 0.164. The summed E-state index contributed by atoms with van der Waals surface area (Å²) in [5.41, 5.74) is 18.2. The Labute approximate surface area is 144 Å². The van der Waals surface area contributed by atoms with E-state index in [1.54, 1.807) is 0 Å². The molecule has 0 fully saturated rings. The Hall–Kier alpha value is -0.860. The Balaban J connectivity index is 2.26. The molecule has 0 saturated heterocycles. The zero-order chi connectivity index (χ0) is 17.2. The molecule has 0 spiro atoms. The molecule has 1 aromatic rings. The van der Waals surface area contributed by atoms with Gasteiger partial charge < -0.3 is 11.5 Å². The molecule has 0 aromatic heterocycles. The zero-order valence-corrected chi connectivity index (χ0v) is 15.8. The van der Waals surface area contributed by atoms with Crippen molar-refractivity contribution in [1.29, 1.82) is 0 Å². The molecule has 1 aromatic carbocycles. The van der Waals surface area contributed by atoms with Crippen LogP contribution in [-0.4, -0.2) is 12.1 Å². The lowest BCUT2D eigenvalue weighted by atomic mass is 9.93. The molecular weight excluding hydrogens is 280 g/mol. The van der Waals surface area contributed by atoms with Crippen LogP contribution in [0.5, 0.6) is 0 Å². The summed E-state index contributed by atoms with van der Waals surface area (Å²) in [4.78, 5) is 0. The van der Waals surface area contributed by atoms with E-state index in [0.29, 0.717) is 0 Å². The molecule has 0 aliphatic heterocycles. The van der Waals surface area contributed by atoms with Gasteiger partial charge in [0, 0.05) is 12.1 Å². The van der Waals surface area contributed by atoms with Crippen molar-refractivity contribution in [1.82, 2.24) is 0 Å². The zero-order valence-electron chi connectivity index (χ0n) is 15.8. The lowest BCUT2D eigenvalue weighted by Gasteiger charge is -2.20. The van der Waals surface area contributed by atoms with Crippen molar-refractivity contribution in [2.75, 3.05) is 0 Å². The molecule has 0 saturated carbocycles. The van der Waals surface area contributed by atoms with Gasteiger partial charge in [-0.25, -0.2) is 0 Å². The quantitative estimate of drug-likeness (QED) is 0.567. The number of benzene rings is 1. The van der Waals surface area contributed by atoms with E-state index in [1.165, 1.54) is 60.8 Å². The molecule has 132 valence electrons. The van der Waals surface area contributed by atoms with Crippen LogP contribution in [0.25, 0.3) is 0 Å². The maximum atomic E-state index is 6.27. The first kappa shape index (κ1) is 20.2. The van der Waals surface area contributed by atoms with Gasteiger partial charge in [-0.1, -0.05) is 56.7 Å². The Morgan fingerprint density at radius 1 is 0.783 bits per heavy atom. The first-order valence-corrected chi connectivity index (χ1v) is 9.53. The average Bonchev–Trinajstić information content (AvgIpc) is 2.49. The largest absolute Gasteiger partial charge is 0.326 e. The van der Waals surface area contributed by atoms with Crippen molar-refractivity contribution in [3.05, 3.63) is 34.4 Å². The van der Waals surface area contributed by atoms with Crippen LogP contribution in [0.4, 0.5) is 0 Å². The third kappa shape index (κ3) is 7.50. The molecule has 0 amide bonds. The van der Waals surface area contributed by atoms with E-state index in [9.17, 15) is 0 Å². The van der Waals surface area contributed by atoms with Crippen LogP contribution in [-0.2, 0) is 6.42 Å². The molecule has 1 rings (SSSR count). The van der Waals surface area contributed by atoms with Crippen LogP contribution >= 0.6 is 0 Å². The lowest BCUT2D eigenvalue weighted by Crippen LogP contribution is -2.41. The fourth-order valence-electron chi connectivity index (χ4n) is 3.52. The fraction of sp³-hybridized carbons (Fsp3) is 0.714. The van der Waals surface area contributed by atoms with E-state index in [2.05, 4.69) is 39.8 Å². The van der Waals surface area contributed by atoms with Gasteiger partial charge in [-0.05, 0) is 63.1 Å². The smallest absolute Gasteiger partial charge is 0.0192 e. The van der Waals surface area contributed by atoms with E-state index < -0.39 is 0 Å². The van der Waals surface area contributed by atoms with Crippen LogP contribution in [0.3, 0.4) is 0 Å². The van der Waals surface area contributed by atoms with Crippen LogP contribution in [0, 0.1) is 20.8 Å². The van der Waals surface area contributed by atoms with Crippen LogP contribution in [0.15, 0.2) is 12.1 Å². The second-order valence-electron chi connectivity index (χ2n) is 7.30. The normalized spacial score (nSPS) is 14.0. The van der Waals surface area contributed by atoms with E-state index in [1.807, 2.05) is 0 Å². The van der Waals surface area contributed by atoms with Gasteiger partial charge in [0.15, 0.2) is 0 Å². The molecule has 2 unspecified atom stereocenters. The first-order chi connectivity index (χ1) is 11.0. The van der Waals surface area contributed by atoms with E-state index in [-0.39, 0.29) is 12.1 Å². The van der Waals surface area contributed by atoms with Crippen molar-refractivity contribution in [2.24, 2.45) is 11.5 Å². The van der Waals surface area contributed by atoms with Gasteiger partial charge in [-0.2, -0.15) is 0 Å². The molecule has 0 bridgehead atoms. The predicted octanol–water partition coefficient (Wildman–Crippen LogP) is 4.95. The molecule has 0 radical (unpaired) electrons. The van der Waals surface area contributed by atoms with Gasteiger partial charge in [-0.3, -0.25) is 0 Å². The molecule has 23 heavy (non-hydrogen) atoms. The van der Waals surface area contributed by atoms with Gasteiger partial charge >= 0.3 is 0 Å². The number of rotatable bonds is 11. The molecule has 2 nitrogen and oxygen atoms in total. The number of unbranched alkanes of at least 4 members (excludes halogenated alkanes) is 4. The highest BCUT2D eigenvalue weighted by molar-refractivity contribution is 5.37. The second-order valence-corrected chi connectivity index (χ2v) is 7.30. The second kappa shape index (κ2) is 10.8. The Bertz CT molecular complexity index is 430. The third-order valence-corrected chi connectivity index (χ3v) is 5.00. The van der Waals surface area contributed by atoms with Gasteiger partial charge in [0.25, 0.3) is 0 Å². The number of aryl methyl sites for hydroxylation is 3. The van der Waals surface area contributed by atoms with Crippen molar-refractivity contribution in [2.45, 2.75) is 97.6 Å². The summed E-state index contributed by atoms with van der Waals surface area (Å²) >= 11 is 0. The highest BCUT2D eigenvalue weighted by Crippen LogP contribution is 2.19. The predicted molar refractivity (Wildman–Crippen MR) is 103 cm³/mol. The minimum absolute atomic E-state index is 0.164. The van der Waals surface area contributed by atoms with Gasteiger partial charge in [0.1, 0.15) is 0 Å². The SMILES string of the molecule is CCCCCCC(N)C(N)CCCCc1c(C)cc(C)cc1C. The minimum Gasteiger partial charge on any atom is -0.326 e. The maximum Gasteiger partial charge on any atom is 0.0192 e. The standard InChI is InChI=1S/C21H38N2/c1-5-6-7-8-12-20(22)21(23)13-10-9-11-19-17(3)14-16(2)15-18(19)4/h14-15,20-21H,5-13,22-23H2,1-4H3.